The van der Waals surface area contributed by atoms with Crippen LogP contribution in [-0.2, 0) is 35.8 Å². The van der Waals surface area contributed by atoms with Gasteiger partial charge in [0.25, 0.3) is 5.91 Å². The zero-order valence-corrected chi connectivity index (χ0v) is 16.7. The second-order valence-corrected chi connectivity index (χ2v) is 8.70. The van der Waals surface area contributed by atoms with E-state index in [4.69, 9.17) is 27.8 Å². The highest BCUT2D eigenvalue weighted by atomic mass is 16.7. The van der Waals surface area contributed by atoms with Crippen molar-refractivity contribution in [3.05, 3.63) is 23.3 Å². The van der Waals surface area contributed by atoms with Gasteiger partial charge in [0.05, 0.1) is 16.3 Å². The minimum atomic E-state index is -2.74. The second-order valence-electron chi connectivity index (χ2n) is 8.70. The van der Waals surface area contributed by atoms with Crippen molar-refractivity contribution < 1.29 is 37.4 Å². The van der Waals surface area contributed by atoms with Crippen LogP contribution in [0.2, 0.25) is 0 Å². The summed E-state index contributed by atoms with van der Waals surface area (Å²) in [4.78, 5) is 29.3. The van der Waals surface area contributed by atoms with Gasteiger partial charge >= 0.3 is 5.97 Å². The van der Waals surface area contributed by atoms with E-state index in [1.807, 2.05) is 12.1 Å². The Morgan fingerprint density at radius 2 is 2.17 bits per heavy atom. The van der Waals surface area contributed by atoms with E-state index < -0.39 is 35.9 Å². The van der Waals surface area contributed by atoms with E-state index in [2.05, 4.69) is 0 Å². The fourth-order valence-electron chi connectivity index (χ4n) is 6.49. The molecule has 2 bridgehead atoms. The lowest BCUT2D eigenvalue weighted by atomic mass is 9.57. The van der Waals surface area contributed by atoms with E-state index in [0.717, 1.165) is 11.1 Å². The van der Waals surface area contributed by atoms with Crippen LogP contribution in [0.3, 0.4) is 0 Å². The van der Waals surface area contributed by atoms with E-state index >= 15 is 0 Å². The van der Waals surface area contributed by atoms with Gasteiger partial charge in [-0.25, -0.2) is 0 Å². The van der Waals surface area contributed by atoms with Crippen molar-refractivity contribution in [2.24, 2.45) is 5.41 Å². The molecule has 0 aromatic heterocycles. The summed E-state index contributed by atoms with van der Waals surface area (Å²) in [6.45, 7) is 2.39. The Kier molecular flexibility index (Phi) is 3.04. The van der Waals surface area contributed by atoms with Gasteiger partial charge in [-0.2, -0.15) is 0 Å². The van der Waals surface area contributed by atoms with Crippen molar-refractivity contribution in [1.29, 1.82) is 0 Å². The summed E-state index contributed by atoms with van der Waals surface area (Å²) in [7, 11) is -2.74. The van der Waals surface area contributed by atoms with Crippen LogP contribution in [0.1, 0.15) is 47.8 Å². The number of carbonyl (C=O) groups excluding carboxylic acids is 2. The van der Waals surface area contributed by atoms with Gasteiger partial charge in [-0.05, 0) is 49.4 Å². The number of hydrogen-bond acceptors (Lipinski definition) is 7. The Morgan fingerprint density at radius 1 is 1.33 bits per heavy atom. The average molecular weight is 418 g/mol. The molecule has 4 heterocycles. The van der Waals surface area contributed by atoms with Crippen molar-refractivity contribution in [2.45, 2.75) is 56.5 Å². The third-order valence-corrected chi connectivity index (χ3v) is 7.58. The van der Waals surface area contributed by atoms with Crippen molar-refractivity contribution in [1.82, 2.24) is 4.90 Å². The summed E-state index contributed by atoms with van der Waals surface area (Å²) in [6.07, 6.45) is 0.689. The topological polar surface area (TPSA) is 83.5 Å². The minimum Gasteiger partial charge on any atom is -0.465 e. The maximum absolute atomic E-state index is 13.8. The van der Waals surface area contributed by atoms with Crippen molar-refractivity contribution in [3.63, 3.8) is 0 Å². The molecule has 1 spiro atoms. The van der Waals surface area contributed by atoms with Gasteiger partial charge in [0.2, 0.25) is 6.79 Å². The Labute approximate surface area is 178 Å². The average Bonchev–Trinajstić information content (AvgIpc) is 3.32. The first-order valence-electron chi connectivity index (χ1n) is 12.0. The largest absolute Gasteiger partial charge is 0.465 e. The highest BCUT2D eigenvalue weighted by molar-refractivity contribution is 5.97. The zero-order chi connectivity index (χ0) is 23.2. The van der Waals surface area contributed by atoms with Crippen LogP contribution < -0.4 is 9.47 Å². The molecule has 6 rings (SSSR count). The zero-order valence-electron chi connectivity index (χ0n) is 19.7. The minimum absolute atomic E-state index is 0.0714. The molecule has 1 aromatic rings. The number of ether oxygens (including phenoxy) is 5. The lowest BCUT2D eigenvalue weighted by molar-refractivity contribution is -0.229. The van der Waals surface area contributed by atoms with Gasteiger partial charge in [0.15, 0.2) is 23.4 Å². The summed E-state index contributed by atoms with van der Waals surface area (Å²) in [6, 6.07) is 3.81. The van der Waals surface area contributed by atoms with Gasteiger partial charge in [0.1, 0.15) is 5.41 Å². The van der Waals surface area contributed by atoms with Crippen LogP contribution in [0.15, 0.2) is 12.1 Å². The highest BCUT2D eigenvalue weighted by Gasteiger charge is 2.82. The van der Waals surface area contributed by atoms with Crippen LogP contribution in [0.5, 0.6) is 11.5 Å². The maximum atomic E-state index is 13.8. The van der Waals surface area contributed by atoms with Crippen LogP contribution in [-0.4, -0.2) is 55.7 Å². The molecule has 1 saturated carbocycles. The number of aryl methyl sites for hydroxylation is 1. The fraction of sp³-hybridized carbons (Fsp3) is 0.636. The number of rotatable bonds is 3. The summed E-state index contributed by atoms with van der Waals surface area (Å²) in [5.74, 6) is -1.24. The molecule has 1 aromatic carbocycles. The Hall–Kier alpha value is -2.32. The molecular formula is C22H25NO7. The van der Waals surface area contributed by atoms with Crippen LogP contribution in [0.25, 0.3) is 0 Å². The molecule has 2 saturated heterocycles. The predicted octanol–water partition coefficient (Wildman–Crippen LogP) is 1.87. The first kappa shape index (κ1) is 15.5. The molecule has 0 N–H and O–H groups in total. The van der Waals surface area contributed by atoms with Crippen molar-refractivity contribution >= 4 is 11.9 Å². The molecule has 1 aliphatic carbocycles. The lowest BCUT2D eigenvalue weighted by Gasteiger charge is -2.51. The number of hydrogen-bond donors (Lipinski definition) is 0. The van der Waals surface area contributed by atoms with E-state index in [1.165, 1.54) is 0 Å². The second kappa shape index (κ2) is 5.88. The number of amides is 1. The number of nitrogens with zero attached hydrogens (tertiary/aromatic N) is 1. The summed E-state index contributed by atoms with van der Waals surface area (Å²) >= 11 is 0. The third-order valence-electron chi connectivity index (χ3n) is 7.58. The maximum Gasteiger partial charge on any atom is 0.318 e. The lowest BCUT2D eigenvalue weighted by Crippen LogP contribution is -2.60. The molecule has 8 nitrogen and oxygen atoms in total. The number of methoxy groups -OCH3 is 1. The Balaban J connectivity index is 1.60. The molecule has 30 heavy (non-hydrogen) atoms. The molecule has 1 amide bonds. The summed E-state index contributed by atoms with van der Waals surface area (Å²) in [5.41, 5.74) is -0.682. The Morgan fingerprint density at radius 3 is 2.97 bits per heavy atom. The molecule has 4 atom stereocenters. The standard InChI is InChI=1S/C22H25NO7/c1-3-27-19(25)21-11-20(26-2)6-7-22(21)14-10-16-15(28-12-29-16)9-13(14)5-4-8-23(22)18(24)17(21)30-20/h9-10,17H,3-8,11-12H2,1-2H3/t17-,20+,21-,22+/m0/s1/i2D3. The van der Waals surface area contributed by atoms with Crippen LogP contribution >= 0.6 is 0 Å². The quantitative estimate of drug-likeness (QED) is 0.693. The van der Waals surface area contributed by atoms with Gasteiger partial charge in [-0.15, -0.1) is 0 Å². The van der Waals surface area contributed by atoms with E-state index in [9.17, 15) is 9.59 Å². The van der Waals surface area contributed by atoms with E-state index in [0.29, 0.717) is 37.3 Å². The summed E-state index contributed by atoms with van der Waals surface area (Å²) < 4.78 is 51.3. The number of fused-ring (bicyclic) bond motifs is 3. The highest BCUT2D eigenvalue weighted by Crippen LogP contribution is 2.70. The molecule has 4 aliphatic heterocycles. The molecule has 3 fully saturated rings. The normalized spacial score (nSPS) is 39.5. The Bertz CT molecular complexity index is 1060. The monoisotopic (exact) mass is 418 g/mol. The van der Waals surface area contributed by atoms with Crippen molar-refractivity contribution in [3.8, 4) is 11.5 Å². The number of esters is 1. The molecule has 0 radical (unpaired) electrons. The van der Waals surface area contributed by atoms with Gasteiger partial charge in [0, 0.05) is 26.4 Å². The van der Waals surface area contributed by atoms with Gasteiger partial charge < -0.3 is 28.6 Å². The molecule has 0 unspecified atom stereocenters. The first-order chi connectivity index (χ1) is 15.7. The first-order valence-corrected chi connectivity index (χ1v) is 10.5. The molecule has 5 aliphatic rings. The number of carbonyl (C=O) groups is 2. The molecule has 160 valence electrons. The van der Waals surface area contributed by atoms with E-state index in [-0.39, 0.29) is 32.1 Å². The SMILES string of the molecule is [2H]C([2H])([2H])O[C@]12CC[C@]34c5cc6c(cc5CCCN3C(=O)[C@H](O1)[C@]4(C(=O)OCC)C2)OCO6. The number of benzene rings is 1. The van der Waals surface area contributed by atoms with Gasteiger partial charge in [-0.1, -0.05) is 0 Å². The molecule has 8 heteroatoms. The van der Waals surface area contributed by atoms with Crippen molar-refractivity contribution in [2.75, 3.05) is 27.0 Å². The third kappa shape index (κ3) is 1.90. The smallest absolute Gasteiger partial charge is 0.318 e. The van der Waals surface area contributed by atoms with Gasteiger partial charge in [-0.3, -0.25) is 9.59 Å². The fourth-order valence-corrected chi connectivity index (χ4v) is 6.49. The molecular weight excluding hydrogens is 390 g/mol. The van der Waals surface area contributed by atoms with E-state index in [1.54, 1.807) is 11.8 Å². The summed E-state index contributed by atoms with van der Waals surface area (Å²) in [5, 5.41) is 0. The van der Waals surface area contributed by atoms with Crippen LogP contribution in [0, 0.1) is 5.41 Å². The van der Waals surface area contributed by atoms with Crippen LogP contribution in [0.4, 0.5) is 0 Å². The predicted molar refractivity (Wildman–Crippen MR) is 102 cm³/mol.